The zero-order valence-electron chi connectivity index (χ0n) is 20.4. The summed E-state index contributed by atoms with van der Waals surface area (Å²) >= 11 is 0. The van der Waals surface area contributed by atoms with Gasteiger partial charge in [0.15, 0.2) is 0 Å². The van der Waals surface area contributed by atoms with Gasteiger partial charge in [-0.2, -0.15) is 0 Å². The topological polar surface area (TPSA) is 48.0 Å². The van der Waals surface area contributed by atoms with Crippen molar-refractivity contribution in [1.29, 1.82) is 0 Å². The van der Waals surface area contributed by atoms with Gasteiger partial charge in [0.05, 0.1) is 13.7 Å². The molecule has 0 N–H and O–H groups in total. The van der Waals surface area contributed by atoms with Crippen LogP contribution in [0.5, 0.6) is 5.75 Å². The van der Waals surface area contributed by atoms with Gasteiger partial charge in [-0.3, -0.25) is 4.79 Å². The van der Waals surface area contributed by atoms with Crippen LogP contribution in [0.15, 0.2) is 54.6 Å². The zero-order valence-corrected chi connectivity index (χ0v) is 20.4. The number of carbonyl (C=O) groups excluding carboxylic acids is 1. The smallest absolute Gasteiger partial charge is 0.306 e. The molecule has 0 aliphatic carbocycles. The molecule has 1 unspecified atom stereocenters. The lowest BCUT2D eigenvalue weighted by atomic mass is 9.84. The van der Waals surface area contributed by atoms with Crippen LogP contribution >= 0.6 is 0 Å². The van der Waals surface area contributed by atoms with E-state index in [1.807, 2.05) is 25.1 Å². The van der Waals surface area contributed by atoms with Crippen molar-refractivity contribution in [3.63, 3.8) is 0 Å². The number of unbranched alkanes of at least 4 members (excludes halogenated alkanes) is 1. The average molecular weight is 454 g/mol. The van der Waals surface area contributed by atoms with E-state index in [1.54, 1.807) is 7.11 Å². The first-order chi connectivity index (χ1) is 16.1. The lowest BCUT2D eigenvalue weighted by Gasteiger charge is -2.36. The van der Waals surface area contributed by atoms with Crippen molar-refractivity contribution in [3.8, 4) is 5.75 Å². The SMILES string of the molecule is CCOC(=O)C[C@H]1CCN(CCCCOC(c2ccccc2)c2ccc(OC)cc2)C[C@H]1C. The molecule has 1 aliphatic rings. The second kappa shape index (κ2) is 13.4. The number of esters is 1. The number of hydrogen-bond acceptors (Lipinski definition) is 5. The summed E-state index contributed by atoms with van der Waals surface area (Å²) in [4.78, 5) is 14.4. The van der Waals surface area contributed by atoms with Crippen molar-refractivity contribution < 1.29 is 19.0 Å². The van der Waals surface area contributed by atoms with Gasteiger partial charge >= 0.3 is 5.97 Å². The highest BCUT2D eigenvalue weighted by Gasteiger charge is 2.28. The molecule has 0 bridgehead atoms. The van der Waals surface area contributed by atoms with Gasteiger partial charge in [-0.1, -0.05) is 49.4 Å². The van der Waals surface area contributed by atoms with Crippen LogP contribution < -0.4 is 4.74 Å². The van der Waals surface area contributed by atoms with E-state index >= 15 is 0 Å². The molecule has 0 amide bonds. The van der Waals surface area contributed by atoms with E-state index in [-0.39, 0.29) is 12.1 Å². The molecule has 1 saturated heterocycles. The molecule has 1 aliphatic heterocycles. The predicted molar refractivity (Wildman–Crippen MR) is 131 cm³/mol. The maximum Gasteiger partial charge on any atom is 0.306 e. The molecule has 180 valence electrons. The molecule has 2 aromatic rings. The van der Waals surface area contributed by atoms with E-state index < -0.39 is 0 Å². The second-order valence-electron chi connectivity index (χ2n) is 8.98. The van der Waals surface area contributed by atoms with Crippen LogP contribution in [0.4, 0.5) is 0 Å². The number of rotatable bonds is 12. The highest BCUT2D eigenvalue weighted by Crippen LogP contribution is 2.29. The number of piperidine rings is 1. The maximum absolute atomic E-state index is 11.8. The third-order valence-electron chi connectivity index (χ3n) is 6.58. The van der Waals surface area contributed by atoms with E-state index in [9.17, 15) is 4.79 Å². The Hall–Kier alpha value is -2.37. The summed E-state index contributed by atoms with van der Waals surface area (Å²) in [6, 6.07) is 18.5. The van der Waals surface area contributed by atoms with Crippen LogP contribution in [-0.4, -0.2) is 50.8 Å². The molecule has 0 radical (unpaired) electrons. The Balaban J connectivity index is 1.43. The monoisotopic (exact) mass is 453 g/mol. The van der Waals surface area contributed by atoms with Crippen molar-refractivity contribution >= 4 is 5.97 Å². The van der Waals surface area contributed by atoms with Gasteiger partial charge in [0.25, 0.3) is 0 Å². The fraction of sp³-hybridized carbons (Fsp3) is 0.536. The molecule has 3 atom stereocenters. The fourth-order valence-corrected chi connectivity index (χ4v) is 4.65. The number of nitrogens with zero attached hydrogens (tertiary/aromatic N) is 1. The Kier molecular flexibility index (Phi) is 10.2. The molecular formula is C28H39NO4. The normalized spacial score (nSPS) is 19.7. The van der Waals surface area contributed by atoms with Gasteiger partial charge in [-0.05, 0) is 74.4 Å². The molecule has 33 heavy (non-hydrogen) atoms. The van der Waals surface area contributed by atoms with Gasteiger partial charge < -0.3 is 19.1 Å². The largest absolute Gasteiger partial charge is 0.497 e. The van der Waals surface area contributed by atoms with Gasteiger partial charge in [0.2, 0.25) is 0 Å². The summed E-state index contributed by atoms with van der Waals surface area (Å²) in [5.41, 5.74) is 2.31. The molecule has 2 aromatic carbocycles. The minimum atomic E-state index is -0.0734. The minimum Gasteiger partial charge on any atom is -0.497 e. The summed E-state index contributed by atoms with van der Waals surface area (Å²) in [7, 11) is 1.68. The first-order valence-electron chi connectivity index (χ1n) is 12.3. The predicted octanol–water partition coefficient (Wildman–Crippen LogP) is 5.49. The Morgan fingerprint density at radius 1 is 1.06 bits per heavy atom. The molecular weight excluding hydrogens is 414 g/mol. The van der Waals surface area contributed by atoms with Gasteiger partial charge in [-0.15, -0.1) is 0 Å². The van der Waals surface area contributed by atoms with Gasteiger partial charge in [-0.25, -0.2) is 0 Å². The summed E-state index contributed by atoms with van der Waals surface area (Å²) in [6.07, 6.45) is 3.69. The molecule has 0 saturated carbocycles. The Bertz CT molecular complexity index is 824. The van der Waals surface area contributed by atoms with Crippen LogP contribution in [0.1, 0.15) is 56.8 Å². The molecule has 3 rings (SSSR count). The fourth-order valence-electron chi connectivity index (χ4n) is 4.65. The van der Waals surface area contributed by atoms with Crippen LogP contribution in [0, 0.1) is 11.8 Å². The van der Waals surface area contributed by atoms with E-state index in [2.05, 4.69) is 48.2 Å². The first-order valence-corrected chi connectivity index (χ1v) is 12.3. The van der Waals surface area contributed by atoms with Crippen molar-refractivity contribution in [2.45, 2.75) is 45.6 Å². The van der Waals surface area contributed by atoms with Crippen LogP contribution in [0.25, 0.3) is 0 Å². The van der Waals surface area contributed by atoms with Crippen LogP contribution in [0.3, 0.4) is 0 Å². The van der Waals surface area contributed by atoms with Crippen molar-refractivity contribution in [3.05, 3.63) is 65.7 Å². The Labute approximate surface area is 199 Å². The summed E-state index contributed by atoms with van der Waals surface area (Å²) < 4.78 is 16.8. The summed E-state index contributed by atoms with van der Waals surface area (Å²) in [5.74, 6) is 1.77. The number of ether oxygens (including phenoxy) is 3. The molecule has 1 fully saturated rings. The van der Waals surface area contributed by atoms with E-state index in [1.165, 1.54) is 5.56 Å². The molecule has 0 spiro atoms. The highest BCUT2D eigenvalue weighted by molar-refractivity contribution is 5.69. The lowest BCUT2D eigenvalue weighted by Crippen LogP contribution is -2.40. The average Bonchev–Trinajstić information content (AvgIpc) is 2.84. The van der Waals surface area contributed by atoms with E-state index in [4.69, 9.17) is 14.2 Å². The number of hydrogen-bond donors (Lipinski definition) is 0. The van der Waals surface area contributed by atoms with Crippen molar-refractivity contribution in [2.75, 3.05) is 40.0 Å². The number of carbonyl (C=O) groups is 1. The van der Waals surface area contributed by atoms with E-state index in [0.717, 1.165) is 56.8 Å². The third-order valence-corrected chi connectivity index (χ3v) is 6.58. The van der Waals surface area contributed by atoms with Gasteiger partial charge in [0, 0.05) is 19.6 Å². The minimum absolute atomic E-state index is 0.0511. The molecule has 0 aromatic heterocycles. The molecule has 5 nitrogen and oxygen atoms in total. The Morgan fingerprint density at radius 2 is 1.79 bits per heavy atom. The van der Waals surface area contributed by atoms with Crippen LogP contribution in [-0.2, 0) is 14.3 Å². The molecule has 5 heteroatoms. The lowest BCUT2D eigenvalue weighted by molar-refractivity contribution is -0.145. The summed E-state index contributed by atoms with van der Waals surface area (Å²) in [6.45, 7) is 8.53. The zero-order chi connectivity index (χ0) is 23.5. The Morgan fingerprint density at radius 3 is 2.45 bits per heavy atom. The number of methoxy groups -OCH3 is 1. The second-order valence-corrected chi connectivity index (χ2v) is 8.98. The van der Waals surface area contributed by atoms with E-state index in [0.29, 0.717) is 24.9 Å². The maximum atomic E-state index is 11.8. The van der Waals surface area contributed by atoms with Gasteiger partial charge in [0.1, 0.15) is 11.9 Å². The highest BCUT2D eigenvalue weighted by atomic mass is 16.5. The third kappa shape index (κ3) is 7.86. The van der Waals surface area contributed by atoms with Crippen LogP contribution in [0.2, 0.25) is 0 Å². The summed E-state index contributed by atoms with van der Waals surface area (Å²) in [5, 5.41) is 0. The first kappa shape index (κ1) is 25.3. The standard InChI is InChI=1S/C28H39NO4/c1-4-32-27(30)20-25-16-18-29(21-22(25)2)17-8-9-19-33-28(23-10-6-5-7-11-23)24-12-14-26(31-3)15-13-24/h5-7,10-15,22,25,28H,4,8-9,16-21H2,1-3H3/t22-,25-,28?/m1/s1. The number of benzene rings is 2. The van der Waals surface area contributed by atoms with Crippen molar-refractivity contribution in [1.82, 2.24) is 4.90 Å². The van der Waals surface area contributed by atoms with Crippen molar-refractivity contribution in [2.24, 2.45) is 11.8 Å². The molecule has 1 heterocycles. The quantitative estimate of drug-likeness (QED) is 0.314. The number of likely N-dealkylation sites (tertiary alicyclic amines) is 1.